The molecule has 0 radical (unpaired) electrons. The second-order valence-corrected chi connectivity index (χ2v) is 10.1. The molecule has 0 saturated carbocycles. The number of hydrogen-bond acceptors (Lipinski definition) is 5. The average Bonchev–Trinajstić information content (AvgIpc) is 3.35. The van der Waals surface area contributed by atoms with E-state index in [0.717, 1.165) is 17.7 Å². The smallest absolute Gasteiger partial charge is 0.251 e. The molecule has 1 aliphatic rings. The Bertz CT molecular complexity index is 1440. The molecule has 196 valence electrons. The molecule has 4 heterocycles. The minimum atomic E-state index is -0.515. The lowest BCUT2D eigenvalue weighted by Crippen LogP contribution is -2.47. The first-order valence-electron chi connectivity index (χ1n) is 13.1. The minimum absolute atomic E-state index is 0.173. The lowest BCUT2D eigenvalue weighted by atomic mass is 9.98. The third-order valence-corrected chi connectivity index (χ3v) is 7.48. The molecule has 1 amide bonds. The molecule has 0 bridgehead atoms. The van der Waals surface area contributed by atoms with Crippen LogP contribution in [0.15, 0.2) is 67.3 Å². The maximum absolute atomic E-state index is 14.7. The zero-order valence-electron chi connectivity index (χ0n) is 21.7. The number of fused-ring (bicyclic) bond motifs is 1. The number of carbonyl (C=O) groups excluding carboxylic acids is 2. The Hall–Kier alpha value is -3.91. The van der Waals surface area contributed by atoms with Gasteiger partial charge in [0, 0.05) is 61.3 Å². The van der Waals surface area contributed by atoms with Crippen molar-refractivity contribution in [3.63, 3.8) is 0 Å². The molecule has 0 spiro atoms. The number of imidazole rings is 1. The lowest BCUT2D eigenvalue weighted by Gasteiger charge is -2.39. The van der Waals surface area contributed by atoms with Gasteiger partial charge in [-0.15, -0.1) is 0 Å². The lowest BCUT2D eigenvalue weighted by molar-refractivity contribution is 0.0888. The van der Waals surface area contributed by atoms with Crippen molar-refractivity contribution in [2.75, 3.05) is 13.1 Å². The van der Waals surface area contributed by atoms with Crippen LogP contribution in [0.3, 0.4) is 0 Å². The number of ketones is 1. The summed E-state index contributed by atoms with van der Waals surface area (Å²) < 4.78 is 16.3. The maximum atomic E-state index is 14.7. The van der Waals surface area contributed by atoms with Gasteiger partial charge in [-0.05, 0) is 74.2 Å². The van der Waals surface area contributed by atoms with Crippen LogP contribution in [0.1, 0.15) is 59.5 Å². The molecule has 5 rings (SSSR count). The molecule has 38 heavy (non-hydrogen) atoms. The highest BCUT2D eigenvalue weighted by molar-refractivity contribution is 5.98. The minimum Gasteiger partial charge on any atom is -0.351 e. The highest BCUT2D eigenvalue weighted by Gasteiger charge is 2.24. The van der Waals surface area contributed by atoms with Gasteiger partial charge in [0.15, 0.2) is 5.78 Å². The van der Waals surface area contributed by atoms with Crippen molar-refractivity contribution in [1.82, 2.24) is 24.6 Å². The molecule has 8 heteroatoms. The number of carbonyl (C=O) groups is 2. The number of aromatic nitrogens is 3. The molecule has 1 fully saturated rings. The Morgan fingerprint density at radius 1 is 1.05 bits per heavy atom. The van der Waals surface area contributed by atoms with Gasteiger partial charge in [-0.2, -0.15) is 0 Å². The van der Waals surface area contributed by atoms with E-state index in [1.807, 2.05) is 24.3 Å². The van der Waals surface area contributed by atoms with Gasteiger partial charge in [0.2, 0.25) is 0 Å². The Morgan fingerprint density at radius 3 is 2.63 bits per heavy atom. The molecule has 4 aromatic rings. The fraction of sp³-hybridized carbons (Fsp3) is 0.333. The second kappa shape index (κ2) is 11.2. The molecule has 2 atom stereocenters. The molecular formula is C30H32FN5O2. The van der Waals surface area contributed by atoms with E-state index in [1.165, 1.54) is 43.7 Å². The van der Waals surface area contributed by atoms with E-state index in [0.29, 0.717) is 35.5 Å². The van der Waals surface area contributed by atoms with Gasteiger partial charge in [-0.3, -0.25) is 23.9 Å². The number of nitrogens with one attached hydrogen (secondary N) is 1. The summed E-state index contributed by atoms with van der Waals surface area (Å²) in [6.45, 7) is 5.74. The predicted octanol–water partition coefficient (Wildman–Crippen LogP) is 4.95. The van der Waals surface area contributed by atoms with Gasteiger partial charge in [-0.25, -0.2) is 9.37 Å². The average molecular weight is 514 g/mol. The predicted molar refractivity (Wildman–Crippen MR) is 145 cm³/mol. The van der Waals surface area contributed by atoms with Crippen LogP contribution >= 0.6 is 0 Å². The number of pyridine rings is 2. The van der Waals surface area contributed by atoms with Crippen LogP contribution < -0.4 is 5.32 Å². The van der Waals surface area contributed by atoms with Gasteiger partial charge in [0.25, 0.3) is 5.91 Å². The SMILES string of the molecule is C[C@@H]1CCC[C@H](C)N1CCNC(=O)c1ccc(F)c(CC(=O)c2cnc3cc(-c4cccnc4)ccn23)c1. The van der Waals surface area contributed by atoms with Gasteiger partial charge < -0.3 is 5.32 Å². The number of hydrogen-bond donors (Lipinski definition) is 1. The number of likely N-dealkylation sites (tertiary alicyclic amines) is 1. The molecule has 0 aliphatic carbocycles. The van der Waals surface area contributed by atoms with Gasteiger partial charge in [0.05, 0.1) is 6.20 Å². The van der Waals surface area contributed by atoms with Crippen molar-refractivity contribution >= 4 is 17.3 Å². The zero-order valence-corrected chi connectivity index (χ0v) is 21.7. The summed E-state index contributed by atoms with van der Waals surface area (Å²) in [5, 5.41) is 2.95. The summed E-state index contributed by atoms with van der Waals surface area (Å²) in [6, 6.07) is 12.8. The summed E-state index contributed by atoms with van der Waals surface area (Å²) in [5.41, 5.74) is 3.38. The van der Waals surface area contributed by atoms with E-state index in [1.54, 1.807) is 23.0 Å². The fourth-order valence-electron chi connectivity index (χ4n) is 5.33. The quantitative estimate of drug-likeness (QED) is 0.337. The van der Waals surface area contributed by atoms with Crippen molar-refractivity contribution in [1.29, 1.82) is 0 Å². The fourth-order valence-corrected chi connectivity index (χ4v) is 5.33. The molecule has 1 aromatic carbocycles. The van der Waals surface area contributed by atoms with Crippen molar-refractivity contribution in [2.45, 2.75) is 51.6 Å². The van der Waals surface area contributed by atoms with E-state index in [-0.39, 0.29) is 23.7 Å². The van der Waals surface area contributed by atoms with Crippen LogP contribution in [0.2, 0.25) is 0 Å². The number of halogens is 1. The molecule has 1 N–H and O–H groups in total. The Morgan fingerprint density at radius 2 is 1.87 bits per heavy atom. The zero-order chi connectivity index (χ0) is 26.6. The number of nitrogens with zero attached hydrogens (tertiary/aromatic N) is 4. The molecular weight excluding hydrogens is 481 g/mol. The third kappa shape index (κ3) is 5.50. The van der Waals surface area contributed by atoms with Crippen LogP contribution in [0.4, 0.5) is 4.39 Å². The van der Waals surface area contributed by atoms with Gasteiger partial charge in [-0.1, -0.05) is 12.5 Å². The molecule has 1 saturated heterocycles. The van der Waals surface area contributed by atoms with Crippen LogP contribution in [-0.2, 0) is 6.42 Å². The molecule has 1 aliphatic heterocycles. The highest BCUT2D eigenvalue weighted by Crippen LogP contribution is 2.23. The highest BCUT2D eigenvalue weighted by atomic mass is 19.1. The van der Waals surface area contributed by atoms with Crippen molar-refractivity contribution in [3.8, 4) is 11.1 Å². The third-order valence-electron chi connectivity index (χ3n) is 7.48. The summed E-state index contributed by atoms with van der Waals surface area (Å²) in [5.74, 6) is -1.07. The van der Waals surface area contributed by atoms with Crippen LogP contribution in [0, 0.1) is 5.82 Å². The topological polar surface area (TPSA) is 79.6 Å². The first-order valence-corrected chi connectivity index (χ1v) is 13.1. The largest absolute Gasteiger partial charge is 0.351 e. The standard InChI is InChI=1S/C30H32FN5O2/c1-20-5-3-6-21(2)35(20)14-12-33-30(38)23-8-9-26(31)25(15-23)16-28(37)27-19-34-29-17-22(10-13-36(27)29)24-7-4-11-32-18-24/h4,7-11,13,15,17-21H,3,5-6,12,14,16H2,1-2H3,(H,33,38)/t20-,21+. The first-order chi connectivity index (χ1) is 18.4. The van der Waals surface area contributed by atoms with Crippen LogP contribution in [0.5, 0.6) is 0 Å². The van der Waals surface area contributed by atoms with E-state index in [2.05, 4.69) is 34.0 Å². The Labute approximate surface area is 221 Å². The summed E-state index contributed by atoms with van der Waals surface area (Å²) in [7, 11) is 0. The molecule has 0 unspecified atom stereocenters. The number of Topliss-reactive ketones (excluding diaryl/α,β-unsaturated/α-hetero) is 1. The molecule has 7 nitrogen and oxygen atoms in total. The molecule has 3 aromatic heterocycles. The summed E-state index contributed by atoms with van der Waals surface area (Å²) in [6.07, 6.45) is 10.2. The number of piperidine rings is 1. The van der Waals surface area contributed by atoms with Crippen LogP contribution in [-0.4, -0.2) is 56.1 Å². The van der Waals surface area contributed by atoms with Crippen molar-refractivity contribution in [3.05, 3.63) is 89.9 Å². The van der Waals surface area contributed by atoms with Gasteiger partial charge >= 0.3 is 0 Å². The van der Waals surface area contributed by atoms with Crippen molar-refractivity contribution < 1.29 is 14.0 Å². The summed E-state index contributed by atoms with van der Waals surface area (Å²) in [4.78, 5) is 36.9. The Balaban J connectivity index is 1.26. The maximum Gasteiger partial charge on any atom is 0.251 e. The van der Waals surface area contributed by atoms with E-state index in [9.17, 15) is 14.0 Å². The number of benzene rings is 1. The number of rotatable bonds is 8. The second-order valence-electron chi connectivity index (χ2n) is 10.1. The summed E-state index contributed by atoms with van der Waals surface area (Å²) >= 11 is 0. The van der Waals surface area contributed by atoms with E-state index in [4.69, 9.17) is 0 Å². The monoisotopic (exact) mass is 513 g/mol. The van der Waals surface area contributed by atoms with Crippen molar-refractivity contribution in [2.24, 2.45) is 0 Å². The normalized spacial score (nSPS) is 18.0. The number of amides is 1. The Kier molecular flexibility index (Phi) is 7.60. The van der Waals surface area contributed by atoms with Gasteiger partial charge in [0.1, 0.15) is 17.2 Å². The van der Waals surface area contributed by atoms with Crippen LogP contribution in [0.25, 0.3) is 16.8 Å². The van der Waals surface area contributed by atoms with E-state index >= 15 is 0 Å². The van der Waals surface area contributed by atoms with E-state index < -0.39 is 5.82 Å². The first kappa shape index (κ1) is 25.7.